The van der Waals surface area contributed by atoms with Crippen LogP contribution in [0.1, 0.15) is 0 Å². The van der Waals surface area contributed by atoms with Crippen LogP contribution in [0, 0.1) is 0 Å². The Labute approximate surface area is 29.0 Å². The largest absolute Gasteiger partial charge is 0.292 e. The molecular formula is C2H5F2N. The van der Waals surface area contributed by atoms with Gasteiger partial charge in [-0.2, -0.15) is 8.78 Å². The van der Waals surface area contributed by atoms with E-state index >= 15 is 0 Å². The first-order valence-corrected chi connectivity index (χ1v) is 1.23. The van der Waals surface area contributed by atoms with Crippen LogP contribution in [-0.2, 0) is 0 Å². The summed E-state index contributed by atoms with van der Waals surface area (Å²) in [6, 6.07) is 0. The molecule has 0 aliphatic heterocycles. The second kappa shape index (κ2) is 2.08. The molecule has 0 aromatic rings. The number of rotatable bonds is 1. The summed E-state index contributed by atoms with van der Waals surface area (Å²) in [4.78, 5) is 0. The third-order valence-electron chi connectivity index (χ3n) is 0.218. The highest BCUT2D eigenvalue weighted by Gasteiger charge is 1.88. The molecule has 1 nitrogen and oxygen atoms in total. The summed E-state index contributed by atoms with van der Waals surface area (Å²) in [5, 5.41) is 1.69. The maximum atomic E-state index is 10.7. The quantitative estimate of drug-likeness (QED) is 0.451. The van der Waals surface area contributed by atoms with Crippen molar-refractivity contribution in [1.29, 1.82) is 0 Å². The van der Waals surface area contributed by atoms with Crippen molar-refractivity contribution in [2.24, 2.45) is 0 Å². The average Bonchev–Trinajstić information content (AvgIpc) is 1.38. The van der Waals surface area contributed by atoms with E-state index in [1.807, 2.05) is 0 Å². The second-order valence-corrected chi connectivity index (χ2v) is 0.589. The van der Waals surface area contributed by atoms with Crippen molar-refractivity contribution in [2.75, 3.05) is 7.05 Å². The molecule has 0 fully saturated rings. The Morgan fingerprint density at radius 2 is 1.80 bits per heavy atom. The van der Waals surface area contributed by atoms with E-state index in [0.29, 0.717) is 0 Å². The molecule has 5 heavy (non-hydrogen) atoms. The summed E-state index contributed by atoms with van der Waals surface area (Å²) in [5.74, 6) is 0. The van der Waals surface area contributed by atoms with Gasteiger partial charge in [0, 0.05) is 0 Å². The Kier molecular flexibility index (Phi) is 2.01. The van der Waals surface area contributed by atoms with Crippen LogP contribution < -0.4 is 5.32 Å². The van der Waals surface area contributed by atoms with Gasteiger partial charge in [0.25, 0.3) is 6.55 Å². The van der Waals surface area contributed by atoms with Crippen molar-refractivity contribution in [3.8, 4) is 0 Å². The zero-order chi connectivity index (χ0) is 4.28. The highest BCUT2D eigenvalue weighted by Crippen LogP contribution is 1.78. The van der Waals surface area contributed by atoms with Crippen LogP contribution in [0.15, 0.2) is 0 Å². The van der Waals surface area contributed by atoms with Gasteiger partial charge in [0.2, 0.25) is 0 Å². The predicted octanol–water partition coefficient (Wildman–Crippen LogP) is 0.428. The molecule has 0 aliphatic rings. The van der Waals surface area contributed by atoms with Gasteiger partial charge in [0.05, 0.1) is 0 Å². The first-order chi connectivity index (χ1) is 2.27. The molecule has 0 heterocycles. The van der Waals surface area contributed by atoms with E-state index in [1.165, 1.54) is 7.05 Å². The van der Waals surface area contributed by atoms with Crippen LogP contribution in [0.25, 0.3) is 0 Å². The fourth-order valence-corrected chi connectivity index (χ4v) is 0. The molecule has 3 heteroatoms. The number of alkyl halides is 2. The van der Waals surface area contributed by atoms with Gasteiger partial charge in [-0.15, -0.1) is 0 Å². The monoisotopic (exact) mass is 81.0 g/mol. The maximum absolute atomic E-state index is 10.7. The predicted molar refractivity (Wildman–Crippen MR) is 15.1 cm³/mol. The van der Waals surface area contributed by atoms with E-state index in [-0.39, 0.29) is 0 Å². The van der Waals surface area contributed by atoms with Crippen molar-refractivity contribution >= 4 is 0 Å². The molecule has 0 bridgehead atoms. The van der Waals surface area contributed by atoms with E-state index in [0.717, 1.165) is 0 Å². The first-order valence-electron chi connectivity index (χ1n) is 1.23. The minimum Gasteiger partial charge on any atom is -0.264 e. The van der Waals surface area contributed by atoms with Gasteiger partial charge in [0.1, 0.15) is 0 Å². The van der Waals surface area contributed by atoms with E-state index in [1.54, 1.807) is 5.32 Å². The lowest BCUT2D eigenvalue weighted by atomic mass is 11.2. The van der Waals surface area contributed by atoms with Gasteiger partial charge in [-0.3, -0.25) is 5.32 Å². The van der Waals surface area contributed by atoms with Crippen molar-refractivity contribution in [3.05, 3.63) is 0 Å². The zero-order valence-electron chi connectivity index (χ0n) is 2.83. The number of hydrogen-bond acceptors (Lipinski definition) is 1. The van der Waals surface area contributed by atoms with E-state index in [2.05, 4.69) is 0 Å². The molecule has 0 saturated carbocycles. The average molecular weight is 81.1 g/mol. The molecule has 0 spiro atoms. The zero-order valence-corrected chi connectivity index (χ0v) is 2.83. The fraction of sp³-hybridized carbons (Fsp3) is 1.00. The molecule has 1 N–H and O–H groups in total. The Morgan fingerprint density at radius 3 is 1.80 bits per heavy atom. The van der Waals surface area contributed by atoms with Gasteiger partial charge in [-0.05, 0) is 7.05 Å². The molecule has 0 aromatic carbocycles. The lowest BCUT2D eigenvalue weighted by molar-refractivity contribution is 0.118. The minimum atomic E-state index is -2.37. The molecule has 0 amide bonds. The van der Waals surface area contributed by atoms with E-state index in [4.69, 9.17) is 0 Å². The van der Waals surface area contributed by atoms with Crippen LogP contribution in [0.5, 0.6) is 0 Å². The molecule has 0 radical (unpaired) electrons. The van der Waals surface area contributed by atoms with E-state index < -0.39 is 6.55 Å². The number of halogens is 2. The summed E-state index contributed by atoms with van der Waals surface area (Å²) in [5.41, 5.74) is 0. The van der Waals surface area contributed by atoms with Gasteiger partial charge < -0.3 is 0 Å². The van der Waals surface area contributed by atoms with Crippen LogP contribution >= 0.6 is 0 Å². The smallest absolute Gasteiger partial charge is 0.264 e. The SMILES string of the molecule is CNC(F)F. The summed E-state index contributed by atoms with van der Waals surface area (Å²) < 4.78 is 21.3. The molecule has 0 saturated heterocycles. The molecule has 0 aliphatic carbocycles. The summed E-state index contributed by atoms with van der Waals surface area (Å²) in [6.45, 7) is -2.37. The van der Waals surface area contributed by atoms with Gasteiger partial charge in [-0.25, -0.2) is 0 Å². The fourth-order valence-electron chi connectivity index (χ4n) is 0. The summed E-state index contributed by atoms with van der Waals surface area (Å²) in [6.07, 6.45) is 0. The molecule has 0 aromatic heterocycles. The third-order valence-corrected chi connectivity index (χ3v) is 0.218. The van der Waals surface area contributed by atoms with Crippen molar-refractivity contribution in [1.82, 2.24) is 5.32 Å². The lowest BCUT2D eigenvalue weighted by Gasteiger charge is -1.86. The topological polar surface area (TPSA) is 12.0 Å². The van der Waals surface area contributed by atoms with Crippen LogP contribution in [-0.4, -0.2) is 13.6 Å². The highest BCUT2D eigenvalue weighted by molar-refractivity contribution is 4.17. The van der Waals surface area contributed by atoms with Gasteiger partial charge >= 0.3 is 0 Å². The Bertz CT molecular complexity index is 21.6. The van der Waals surface area contributed by atoms with Crippen LogP contribution in [0.3, 0.4) is 0 Å². The first kappa shape index (κ1) is 4.82. The minimum absolute atomic E-state index is 1.20. The van der Waals surface area contributed by atoms with Crippen LogP contribution in [0.2, 0.25) is 0 Å². The molecule has 0 atom stereocenters. The maximum Gasteiger partial charge on any atom is 0.292 e. The Balaban J connectivity index is 2.54. The lowest BCUT2D eigenvalue weighted by Crippen LogP contribution is -2.12. The van der Waals surface area contributed by atoms with Crippen LogP contribution in [0.4, 0.5) is 8.78 Å². The summed E-state index contributed by atoms with van der Waals surface area (Å²) in [7, 11) is 1.20. The molecule has 0 unspecified atom stereocenters. The highest BCUT2D eigenvalue weighted by atomic mass is 19.3. The Hall–Kier alpha value is -0.180. The normalized spacial score (nSPS) is 9.60. The van der Waals surface area contributed by atoms with Gasteiger partial charge in [-0.1, -0.05) is 0 Å². The summed E-state index contributed by atoms with van der Waals surface area (Å²) >= 11 is 0. The third kappa shape index (κ3) is 3.82. The second-order valence-electron chi connectivity index (χ2n) is 0.589. The molecule has 32 valence electrons. The van der Waals surface area contributed by atoms with Crippen molar-refractivity contribution in [3.63, 3.8) is 0 Å². The molecule has 0 rings (SSSR count). The molecular weight excluding hydrogens is 76.0 g/mol. The van der Waals surface area contributed by atoms with Gasteiger partial charge in [0.15, 0.2) is 0 Å². The number of hydrogen-bond donors (Lipinski definition) is 1. The van der Waals surface area contributed by atoms with Crippen molar-refractivity contribution in [2.45, 2.75) is 6.55 Å². The van der Waals surface area contributed by atoms with E-state index in [9.17, 15) is 8.78 Å². The Morgan fingerprint density at radius 1 is 1.60 bits per heavy atom. The standard InChI is InChI=1S/C2H5F2N/c1-5-2(3)4/h2,5H,1H3. The number of nitrogens with one attached hydrogen (secondary N) is 1. The van der Waals surface area contributed by atoms with Crippen molar-refractivity contribution < 1.29 is 8.78 Å².